The average molecular weight is 146 g/mol. The molecule has 0 saturated heterocycles. The molecular formula is C5H11BO2S. The first-order valence-electron chi connectivity index (χ1n) is 2.88. The molecule has 0 amide bonds. The van der Waals surface area contributed by atoms with Crippen molar-refractivity contribution in [3.8, 4) is 0 Å². The summed E-state index contributed by atoms with van der Waals surface area (Å²) in [6.07, 6.45) is 0. The van der Waals surface area contributed by atoms with Crippen molar-refractivity contribution in [2.45, 2.75) is 13.8 Å². The van der Waals surface area contributed by atoms with Gasteiger partial charge in [-0.25, -0.2) is 8.42 Å². The fraction of sp³-hybridized carbons (Fsp3) is 1.00. The van der Waals surface area contributed by atoms with Crippen LogP contribution in [0.15, 0.2) is 0 Å². The summed E-state index contributed by atoms with van der Waals surface area (Å²) in [5, 5.41) is 0. The SMILES string of the molecule is [B]CS(=O)(=O)CC(C)C. The molecule has 0 spiro atoms. The maximum atomic E-state index is 10.7. The quantitative estimate of drug-likeness (QED) is 0.532. The molecule has 0 aliphatic carbocycles. The maximum Gasteiger partial charge on any atom is 0.142 e. The Morgan fingerprint density at radius 1 is 1.44 bits per heavy atom. The van der Waals surface area contributed by atoms with Crippen LogP contribution in [0.5, 0.6) is 0 Å². The zero-order valence-corrected chi connectivity index (χ0v) is 6.61. The van der Waals surface area contributed by atoms with Gasteiger partial charge in [0, 0.05) is 5.65 Å². The molecule has 4 heteroatoms. The van der Waals surface area contributed by atoms with Gasteiger partial charge in [-0.1, -0.05) is 13.8 Å². The molecule has 2 radical (unpaired) electrons. The minimum atomic E-state index is -2.94. The van der Waals surface area contributed by atoms with Gasteiger partial charge in [0.05, 0.1) is 13.6 Å². The first-order chi connectivity index (χ1) is 3.98. The van der Waals surface area contributed by atoms with Gasteiger partial charge in [-0.15, -0.1) is 0 Å². The monoisotopic (exact) mass is 146 g/mol. The van der Waals surface area contributed by atoms with Gasteiger partial charge >= 0.3 is 0 Å². The van der Waals surface area contributed by atoms with Crippen molar-refractivity contribution >= 4 is 17.7 Å². The van der Waals surface area contributed by atoms with Crippen molar-refractivity contribution in [3.63, 3.8) is 0 Å². The molecule has 2 nitrogen and oxygen atoms in total. The second kappa shape index (κ2) is 3.25. The van der Waals surface area contributed by atoms with E-state index in [0.717, 1.165) is 0 Å². The van der Waals surface area contributed by atoms with E-state index in [2.05, 4.69) is 0 Å². The molecule has 0 bridgehead atoms. The first-order valence-corrected chi connectivity index (χ1v) is 4.70. The van der Waals surface area contributed by atoms with Gasteiger partial charge < -0.3 is 0 Å². The Morgan fingerprint density at radius 3 is 2.00 bits per heavy atom. The van der Waals surface area contributed by atoms with E-state index in [4.69, 9.17) is 7.85 Å². The minimum absolute atomic E-state index is 0.179. The number of sulfone groups is 1. The van der Waals surface area contributed by atoms with Crippen molar-refractivity contribution < 1.29 is 8.42 Å². The Labute approximate surface area is 58.0 Å². The predicted molar refractivity (Wildman–Crippen MR) is 39.2 cm³/mol. The van der Waals surface area contributed by atoms with Crippen LogP contribution in [0.3, 0.4) is 0 Å². The van der Waals surface area contributed by atoms with Crippen LogP contribution in [-0.2, 0) is 9.84 Å². The first kappa shape index (κ1) is 9.01. The highest BCUT2D eigenvalue weighted by Gasteiger charge is 2.08. The molecular weight excluding hydrogens is 135 g/mol. The van der Waals surface area contributed by atoms with Gasteiger partial charge in [0.1, 0.15) is 9.84 Å². The fourth-order valence-electron chi connectivity index (χ4n) is 0.576. The lowest BCUT2D eigenvalue weighted by molar-refractivity contribution is 0.587. The average Bonchev–Trinajstić information content (AvgIpc) is 1.63. The Hall–Kier alpha value is 0.0149. The van der Waals surface area contributed by atoms with E-state index in [1.165, 1.54) is 0 Å². The number of rotatable bonds is 3. The molecule has 0 N–H and O–H groups in total. The molecule has 0 fully saturated rings. The van der Waals surface area contributed by atoms with Gasteiger partial charge in [-0.2, -0.15) is 0 Å². The predicted octanol–water partition coefficient (Wildman–Crippen LogP) is 0.183. The Kier molecular flexibility index (Phi) is 3.26. The second-order valence-corrected chi connectivity index (χ2v) is 4.62. The van der Waals surface area contributed by atoms with E-state index in [1.54, 1.807) is 0 Å². The van der Waals surface area contributed by atoms with Crippen LogP contribution >= 0.6 is 0 Å². The third-order valence-corrected chi connectivity index (χ3v) is 2.52. The van der Waals surface area contributed by atoms with Crippen LogP contribution < -0.4 is 0 Å². The number of hydrogen-bond donors (Lipinski definition) is 0. The summed E-state index contributed by atoms with van der Waals surface area (Å²) in [5.41, 5.74) is -0.231. The molecule has 0 aliphatic rings. The number of hydrogen-bond acceptors (Lipinski definition) is 2. The van der Waals surface area contributed by atoms with Gasteiger partial charge in [-0.3, -0.25) is 0 Å². The molecule has 0 saturated carbocycles. The topological polar surface area (TPSA) is 34.1 Å². The lowest BCUT2D eigenvalue weighted by Crippen LogP contribution is -2.14. The smallest absolute Gasteiger partial charge is 0.142 e. The Balaban J connectivity index is 3.90. The highest BCUT2D eigenvalue weighted by Crippen LogP contribution is 1.98. The molecule has 0 rings (SSSR count). The summed E-state index contributed by atoms with van der Waals surface area (Å²) in [4.78, 5) is 0. The largest absolute Gasteiger partial charge is 0.230 e. The van der Waals surface area contributed by atoms with Crippen molar-refractivity contribution in [1.29, 1.82) is 0 Å². The highest BCUT2D eigenvalue weighted by atomic mass is 32.2. The summed E-state index contributed by atoms with van der Waals surface area (Å²) >= 11 is 0. The Morgan fingerprint density at radius 2 is 1.89 bits per heavy atom. The molecule has 0 aliphatic heterocycles. The van der Waals surface area contributed by atoms with Crippen molar-refractivity contribution in [1.82, 2.24) is 0 Å². The van der Waals surface area contributed by atoms with Gasteiger partial charge in [0.25, 0.3) is 0 Å². The zero-order valence-electron chi connectivity index (χ0n) is 5.79. The molecule has 0 heterocycles. The molecule has 0 aromatic heterocycles. The summed E-state index contributed by atoms with van der Waals surface area (Å²) in [7, 11) is 2.03. The zero-order chi connectivity index (χ0) is 7.49. The van der Waals surface area contributed by atoms with Gasteiger partial charge in [0.2, 0.25) is 0 Å². The molecule has 0 aromatic rings. The molecule has 9 heavy (non-hydrogen) atoms. The van der Waals surface area contributed by atoms with Crippen molar-refractivity contribution in [2.24, 2.45) is 5.92 Å². The second-order valence-electron chi connectivity index (χ2n) is 2.47. The van der Waals surface area contributed by atoms with Crippen molar-refractivity contribution in [3.05, 3.63) is 0 Å². The fourth-order valence-corrected chi connectivity index (χ4v) is 1.73. The summed E-state index contributed by atoms with van der Waals surface area (Å²) < 4.78 is 21.4. The van der Waals surface area contributed by atoms with Crippen LogP contribution in [-0.4, -0.2) is 27.7 Å². The standard InChI is InChI=1S/C5H11BO2S/c1-5(2)3-9(7,8)4-6/h5H,3-4H2,1-2H3. The summed E-state index contributed by atoms with van der Waals surface area (Å²) in [6.45, 7) is 3.71. The Bertz CT molecular complexity index is 160. The summed E-state index contributed by atoms with van der Waals surface area (Å²) in [6, 6.07) is 0. The third kappa shape index (κ3) is 4.51. The van der Waals surface area contributed by atoms with E-state index >= 15 is 0 Å². The van der Waals surface area contributed by atoms with Crippen molar-refractivity contribution in [2.75, 3.05) is 11.4 Å². The van der Waals surface area contributed by atoms with Crippen LogP contribution in [0.4, 0.5) is 0 Å². The molecule has 52 valence electrons. The molecule has 0 unspecified atom stereocenters. The normalized spacial score (nSPS) is 12.3. The lowest BCUT2D eigenvalue weighted by atomic mass is 10.2. The third-order valence-electron chi connectivity index (χ3n) is 0.841. The van der Waals surface area contributed by atoms with Crippen LogP contribution in [0.2, 0.25) is 0 Å². The van der Waals surface area contributed by atoms with Crippen LogP contribution in [0, 0.1) is 5.92 Å². The van der Waals surface area contributed by atoms with E-state index in [-0.39, 0.29) is 17.3 Å². The van der Waals surface area contributed by atoms with E-state index in [1.807, 2.05) is 13.8 Å². The van der Waals surface area contributed by atoms with Crippen LogP contribution in [0.1, 0.15) is 13.8 Å². The lowest BCUT2D eigenvalue weighted by Gasteiger charge is -2.02. The van der Waals surface area contributed by atoms with Gasteiger partial charge in [-0.05, 0) is 5.92 Å². The molecule has 0 atom stereocenters. The van der Waals surface area contributed by atoms with E-state index < -0.39 is 9.84 Å². The maximum absolute atomic E-state index is 10.7. The molecule has 0 aromatic carbocycles. The minimum Gasteiger partial charge on any atom is -0.230 e. The van der Waals surface area contributed by atoms with E-state index in [9.17, 15) is 8.42 Å². The van der Waals surface area contributed by atoms with E-state index in [0.29, 0.717) is 0 Å². The van der Waals surface area contributed by atoms with Crippen LogP contribution in [0.25, 0.3) is 0 Å². The highest BCUT2D eigenvalue weighted by molar-refractivity contribution is 7.92. The summed E-state index contributed by atoms with van der Waals surface area (Å²) in [5.74, 6) is 0.377. The van der Waals surface area contributed by atoms with Gasteiger partial charge in [0.15, 0.2) is 0 Å².